The minimum absolute atomic E-state index is 0.373. The van der Waals surface area contributed by atoms with Crippen molar-refractivity contribution in [3.8, 4) is 5.69 Å². The molecule has 1 aromatic heterocycles. The Morgan fingerprint density at radius 2 is 2.07 bits per heavy atom. The van der Waals surface area contributed by atoms with Crippen LogP contribution in [-0.2, 0) is 11.3 Å². The number of hydrogen-bond acceptors (Lipinski definition) is 3. The highest BCUT2D eigenvalue weighted by atomic mass is 16.5. The molecule has 27 heavy (non-hydrogen) atoms. The van der Waals surface area contributed by atoms with Crippen molar-refractivity contribution in [2.24, 2.45) is 10.4 Å². The van der Waals surface area contributed by atoms with Gasteiger partial charge in [0.15, 0.2) is 5.96 Å². The summed E-state index contributed by atoms with van der Waals surface area (Å²) in [6.45, 7) is 5.40. The van der Waals surface area contributed by atoms with Crippen LogP contribution in [0.5, 0.6) is 0 Å². The van der Waals surface area contributed by atoms with E-state index in [0.717, 1.165) is 37.8 Å². The third kappa shape index (κ3) is 5.32. The molecule has 0 aliphatic heterocycles. The molecule has 1 saturated carbocycles. The zero-order valence-corrected chi connectivity index (χ0v) is 16.4. The van der Waals surface area contributed by atoms with E-state index in [9.17, 15) is 0 Å². The minimum atomic E-state index is 0.373. The third-order valence-corrected chi connectivity index (χ3v) is 5.35. The third-order valence-electron chi connectivity index (χ3n) is 5.35. The lowest BCUT2D eigenvalue weighted by molar-refractivity contribution is 0.0732. The highest BCUT2D eigenvalue weighted by Gasteiger charge is 2.36. The molecule has 0 amide bonds. The maximum atomic E-state index is 5.29. The number of methoxy groups -OCH3 is 1. The number of rotatable bonds is 9. The van der Waals surface area contributed by atoms with E-state index in [-0.39, 0.29) is 0 Å². The van der Waals surface area contributed by atoms with Gasteiger partial charge in [-0.2, -0.15) is 5.10 Å². The average Bonchev–Trinajstić information content (AvgIpc) is 3.20. The van der Waals surface area contributed by atoms with Crippen LogP contribution in [0.15, 0.2) is 47.7 Å². The number of nitrogens with zero attached hydrogens (tertiary/aromatic N) is 3. The Labute approximate surface area is 162 Å². The van der Waals surface area contributed by atoms with Crippen molar-refractivity contribution in [3.05, 3.63) is 48.3 Å². The first-order chi connectivity index (χ1) is 13.2. The number of guanidine groups is 1. The fourth-order valence-corrected chi connectivity index (χ4v) is 3.47. The van der Waals surface area contributed by atoms with Crippen LogP contribution in [-0.4, -0.2) is 42.5 Å². The Bertz CT molecular complexity index is 705. The molecule has 1 heterocycles. The van der Waals surface area contributed by atoms with Gasteiger partial charge in [-0.1, -0.05) is 18.6 Å². The lowest BCUT2D eigenvalue weighted by Gasteiger charge is -2.42. The molecule has 0 atom stereocenters. The van der Waals surface area contributed by atoms with Crippen molar-refractivity contribution < 1.29 is 4.74 Å². The summed E-state index contributed by atoms with van der Waals surface area (Å²) in [5, 5.41) is 11.2. The van der Waals surface area contributed by atoms with Crippen molar-refractivity contribution in [1.82, 2.24) is 20.4 Å². The summed E-state index contributed by atoms with van der Waals surface area (Å²) in [7, 11) is 1.78. The van der Waals surface area contributed by atoms with Gasteiger partial charge in [0.25, 0.3) is 0 Å². The molecule has 3 rings (SSSR count). The first-order valence-electron chi connectivity index (χ1n) is 9.85. The molecule has 0 radical (unpaired) electrons. The molecule has 0 bridgehead atoms. The number of benzene rings is 1. The summed E-state index contributed by atoms with van der Waals surface area (Å²) in [6, 6.07) is 10.3. The highest BCUT2D eigenvalue weighted by Crippen LogP contribution is 2.43. The number of aliphatic imine (C=N–C) groups is 1. The van der Waals surface area contributed by atoms with Gasteiger partial charge in [-0.15, -0.1) is 0 Å². The van der Waals surface area contributed by atoms with Crippen molar-refractivity contribution >= 4 is 5.96 Å². The average molecular weight is 370 g/mol. The smallest absolute Gasteiger partial charge is 0.191 e. The molecule has 1 fully saturated rings. The quantitative estimate of drug-likeness (QED) is 0.526. The molecule has 6 heteroatoms. The Kier molecular flexibility index (Phi) is 6.87. The first-order valence-corrected chi connectivity index (χ1v) is 9.85. The van der Waals surface area contributed by atoms with E-state index in [4.69, 9.17) is 9.73 Å². The zero-order valence-electron chi connectivity index (χ0n) is 16.4. The Balaban J connectivity index is 1.56. The van der Waals surface area contributed by atoms with Crippen LogP contribution in [0.25, 0.3) is 5.69 Å². The fraction of sp³-hybridized carbons (Fsp3) is 0.524. The largest absolute Gasteiger partial charge is 0.385 e. The molecule has 2 aromatic rings. The Hall–Kier alpha value is -2.34. The van der Waals surface area contributed by atoms with Crippen molar-refractivity contribution in [1.29, 1.82) is 0 Å². The van der Waals surface area contributed by atoms with Crippen molar-refractivity contribution in [2.45, 2.75) is 39.2 Å². The molecular formula is C21H31N5O. The van der Waals surface area contributed by atoms with Gasteiger partial charge >= 0.3 is 0 Å². The van der Waals surface area contributed by atoms with Crippen LogP contribution in [0, 0.1) is 5.41 Å². The summed E-state index contributed by atoms with van der Waals surface area (Å²) >= 11 is 0. The summed E-state index contributed by atoms with van der Waals surface area (Å²) in [6.07, 6.45) is 8.72. The van der Waals surface area contributed by atoms with Crippen LogP contribution < -0.4 is 10.6 Å². The van der Waals surface area contributed by atoms with Gasteiger partial charge in [0, 0.05) is 39.2 Å². The van der Waals surface area contributed by atoms with E-state index >= 15 is 0 Å². The van der Waals surface area contributed by atoms with Crippen LogP contribution >= 0.6 is 0 Å². The zero-order chi connectivity index (χ0) is 19.0. The molecule has 146 valence electrons. The van der Waals surface area contributed by atoms with Crippen molar-refractivity contribution in [2.75, 3.05) is 26.8 Å². The monoisotopic (exact) mass is 369 g/mol. The maximum Gasteiger partial charge on any atom is 0.191 e. The van der Waals surface area contributed by atoms with E-state index in [2.05, 4.69) is 46.9 Å². The molecule has 0 saturated heterocycles. The van der Waals surface area contributed by atoms with Crippen LogP contribution in [0.1, 0.15) is 38.2 Å². The molecule has 0 unspecified atom stereocenters. The lowest BCUT2D eigenvalue weighted by atomic mass is 9.67. The number of ether oxygens (including phenoxy) is 1. The SMILES string of the molecule is CCNC(=NCc1ccc(-n2cccn2)cc1)NCC1(CCOC)CCC1. The second kappa shape index (κ2) is 9.55. The van der Waals surface area contributed by atoms with Crippen LogP contribution in [0.4, 0.5) is 0 Å². The first kappa shape index (κ1) is 19.4. The van der Waals surface area contributed by atoms with Gasteiger partial charge in [-0.05, 0) is 55.4 Å². The topological polar surface area (TPSA) is 63.5 Å². The summed E-state index contributed by atoms with van der Waals surface area (Å²) in [5.41, 5.74) is 2.61. The van der Waals surface area contributed by atoms with Gasteiger partial charge < -0.3 is 15.4 Å². The highest BCUT2D eigenvalue weighted by molar-refractivity contribution is 5.79. The second-order valence-electron chi connectivity index (χ2n) is 7.26. The standard InChI is InChI=1S/C21H31N5O/c1-3-22-20(24-17-21(10-4-11-21)12-15-27-2)23-16-18-6-8-19(9-7-18)26-14-5-13-25-26/h5-9,13-14H,3-4,10-12,15-17H2,1-2H3,(H2,22,23,24). The lowest BCUT2D eigenvalue weighted by Crippen LogP contribution is -2.46. The van der Waals surface area contributed by atoms with Gasteiger partial charge in [0.2, 0.25) is 0 Å². The van der Waals surface area contributed by atoms with Gasteiger partial charge in [0.05, 0.1) is 12.2 Å². The summed E-state index contributed by atoms with van der Waals surface area (Å²) in [5.74, 6) is 0.886. The molecule has 2 N–H and O–H groups in total. The molecular weight excluding hydrogens is 338 g/mol. The van der Waals surface area contributed by atoms with Crippen molar-refractivity contribution in [3.63, 3.8) is 0 Å². The van der Waals surface area contributed by atoms with E-state index in [1.165, 1.54) is 24.8 Å². The molecule has 0 spiro atoms. The molecule has 1 aliphatic rings. The Morgan fingerprint density at radius 3 is 2.67 bits per heavy atom. The van der Waals surface area contributed by atoms with Gasteiger partial charge in [-0.3, -0.25) is 0 Å². The summed E-state index contributed by atoms with van der Waals surface area (Å²) < 4.78 is 7.15. The van der Waals surface area contributed by atoms with E-state index in [1.54, 1.807) is 13.3 Å². The molecule has 1 aliphatic carbocycles. The van der Waals surface area contributed by atoms with E-state index < -0.39 is 0 Å². The van der Waals surface area contributed by atoms with Crippen LogP contribution in [0.3, 0.4) is 0 Å². The van der Waals surface area contributed by atoms with Gasteiger partial charge in [-0.25, -0.2) is 9.67 Å². The number of nitrogens with one attached hydrogen (secondary N) is 2. The van der Waals surface area contributed by atoms with E-state index in [1.807, 2.05) is 16.9 Å². The predicted molar refractivity (Wildman–Crippen MR) is 109 cm³/mol. The summed E-state index contributed by atoms with van der Waals surface area (Å²) in [4.78, 5) is 4.76. The number of hydrogen-bond donors (Lipinski definition) is 2. The fourth-order valence-electron chi connectivity index (χ4n) is 3.47. The maximum absolute atomic E-state index is 5.29. The van der Waals surface area contributed by atoms with E-state index in [0.29, 0.717) is 12.0 Å². The normalized spacial score (nSPS) is 16.0. The second-order valence-corrected chi connectivity index (χ2v) is 7.26. The Morgan fingerprint density at radius 1 is 1.26 bits per heavy atom. The van der Waals surface area contributed by atoms with Crippen LogP contribution in [0.2, 0.25) is 0 Å². The van der Waals surface area contributed by atoms with Gasteiger partial charge in [0.1, 0.15) is 0 Å². The predicted octanol–water partition coefficient (Wildman–Crippen LogP) is 3.13. The molecule has 1 aromatic carbocycles. The number of aromatic nitrogens is 2. The minimum Gasteiger partial charge on any atom is -0.385 e. The molecule has 6 nitrogen and oxygen atoms in total.